The standard InChI is InChI=1S/C55H41N3/c1-6-16-47(17-7-1)56(48-18-8-2-9-19-48)52-32-26-41(27-33-52)43-30-36-54-45(38-43)40-46-39-44(31-37-55(46)58(54)51-24-14-5-15-25-51)42-28-34-53(35-29-42)57(49-20-10-3-11-21-49)50-22-12-4-13-23-50/h1-39H,40H2. The first-order chi connectivity index (χ1) is 28.8. The van der Waals surface area contributed by atoms with E-state index in [1.165, 1.54) is 44.8 Å². The molecular weight excluding hydrogens is 703 g/mol. The molecule has 3 heteroatoms. The van der Waals surface area contributed by atoms with Gasteiger partial charge in [0.15, 0.2) is 0 Å². The van der Waals surface area contributed by atoms with E-state index in [1.807, 2.05) is 0 Å². The van der Waals surface area contributed by atoms with E-state index in [1.54, 1.807) is 0 Å². The lowest BCUT2D eigenvalue weighted by Crippen LogP contribution is -2.18. The van der Waals surface area contributed by atoms with Crippen LogP contribution in [-0.4, -0.2) is 0 Å². The van der Waals surface area contributed by atoms with Crippen LogP contribution in [0.2, 0.25) is 0 Å². The Kier molecular flexibility index (Phi) is 9.30. The summed E-state index contributed by atoms with van der Waals surface area (Å²) in [5.41, 5.74) is 17.8. The van der Waals surface area contributed by atoms with E-state index in [0.29, 0.717) is 0 Å². The van der Waals surface area contributed by atoms with Crippen molar-refractivity contribution in [2.24, 2.45) is 0 Å². The minimum absolute atomic E-state index is 0.845. The third kappa shape index (κ3) is 6.80. The van der Waals surface area contributed by atoms with E-state index >= 15 is 0 Å². The molecule has 1 aliphatic rings. The molecule has 0 atom stereocenters. The fraction of sp³-hybridized carbons (Fsp3) is 0.0182. The Bertz CT molecular complexity index is 2520. The Morgan fingerprint density at radius 3 is 0.914 bits per heavy atom. The number of nitrogens with zero attached hydrogens (tertiary/aromatic N) is 3. The lowest BCUT2D eigenvalue weighted by atomic mass is 9.90. The molecule has 0 bridgehead atoms. The number of fused-ring (bicyclic) bond motifs is 2. The predicted molar refractivity (Wildman–Crippen MR) is 244 cm³/mol. The summed E-state index contributed by atoms with van der Waals surface area (Å²) >= 11 is 0. The predicted octanol–water partition coefficient (Wildman–Crippen LogP) is 15.3. The van der Waals surface area contributed by atoms with Gasteiger partial charge < -0.3 is 14.7 Å². The zero-order valence-electron chi connectivity index (χ0n) is 32.1. The molecule has 1 heterocycles. The fourth-order valence-corrected chi connectivity index (χ4v) is 8.25. The highest BCUT2D eigenvalue weighted by Gasteiger charge is 2.25. The Morgan fingerprint density at radius 2 is 0.569 bits per heavy atom. The molecule has 9 aromatic rings. The van der Waals surface area contributed by atoms with E-state index in [4.69, 9.17) is 0 Å². The van der Waals surface area contributed by atoms with Gasteiger partial charge in [0.25, 0.3) is 0 Å². The van der Waals surface area contributed by atoms with Crippen molar-refractivity contribution in [1.82, 2.24) is 0 Å². The van der Waals surface area contributed by atoms with Crippen LogP contribution in [0.4, 0.5) is 51.2 Å². The van der Waals surface area contributed by atoms with Crippen molar-refractivity contribution in [3.05, 3.63) is 248 Å². The maximum absolute atomic E-state index is 2.42. The number of hydrogen-bond donors (Lipinski definition) is 0. The van der Waals surface area contributed by atoms with Crippen molar-refractivity contribution in [2.45, 2.75) is 6.42 Å². The number of hydrogen-bond acceptors (Lipinski definition) is 3. The van der Waals surface area contributed by atoms with Gasteiger partial charge in [-0.25, -0.2) is 0 Å². The van der Waals surface area contributed by atoms with Crippen LogP contribution in [0.5, 0.6) is 0 Å². The maximum Gasteiger partial charge on any atom is 0.0497 e. The molecule has 0 radical (unpaired) electrons. The van der Waals surface area contributed by atoms with Gasteiger partial charge in [-0.05, 0) is 143 Å². The molecular formula is C55H41N3. The Labute approximate surface area is 341 Å². The minimum atomic E-state index is 0.845. The number of anilines is 9. The van der Waals surface area contributed by atoms with Gasteiger partial charge in [-0.3, -0.25) is 0 Å². The highest BCUT2D eigenvalue weighted by Crippen LogP contribution is 2.46. The molecule has 9 aromatic carbocycles. The van der Waals surface area contributed by atoms with Gasteiger partial charge in [0.05, 0.1) is 0 Å². The van der Waals surface area contributed by atoms with Gasteiger partial charge in [0.1, 0.15) is 0 Å². The smallest absolute Gasteiger partial charge is 0.0497 e. The monoisotopic (exact) mass is 743 g/mol. The van der Waals surface area contributed by atoms with Crippen molar-refractivity contribution in [1.29, 1.82) is 0 Å². The van der Waals surface area contributed by atoms with Crippen LogP contribution >= 0.6 is 0 Å². The van der Waals surface area contributed by atoms with E-state index in [9.17, 15) is 0 Å². The summed E-state index contributed by atoms with van der Waals surface area (Å²) in [7, 11) is 0. The van der Waals surface area contributed by atoms with E-state index in [-0.39, 0.29) is 0 Å². The summed E-state index contributed by atoms with van der Waals surface area (Å²) in [5.74, 6) is 0. The Hall–Kier alpha value is -7.62. The molecule has 0 N–H and O–H groups in total. The van der Waals surface area contributed by atoms with Gasteiger partial charge in [-0.2, -0.15) is 0 Å². The van der Waals surface area contributed by atoms with E-state index in [2.05, 4.69) is 251 Å². The highest BCUT2D eigenvalue weighted by molar-refractivity contribution is 5.88. The van der Waals surface area contributed by atoms with Crippen LogP contribution in [0.25, 0.3) is 22.3 Å². The number of para-hydroxylation sites is 5. The molecule has 0 saturated carbocycles. The molecule has 58 heavy (non-hydrogen) atoms. The van der Waals surface area contributed by atoms with Crippen LogP contribution < -0.4 is 14.7 Å². The molecule has 1 aliphatic heterocycles. The van der Waals surface area contributed by atoms with Crippen molar-refractivity contribution in [3.8, 4) is 22.3 Å². The summed E-state index contributed by atoms with van der Waals surface area (Å²) in [6.07, 6.45) is 0.845. The van der Waals surface area contributed by atoms with Crippen molar-refractivity contribution >= 4 is 51.2 Å². The van der Waals surface area contributed by atoms with Gasteiger partial charge >= 0.3 is 0 Å². The zero-order chi connectivity index (χ0) is 38.7. The normalized spacial score (nSPS) is 11.7. The van der Waals surface area contributed by atoms with Crippen LogP contribution in [0, 0.1) is 0 Å². The first-order valence-electron chi connectivity index (χ1n) is 19.9. The topological polar surface area (TPSA) is 9.72 Å². The van der Waals surface area contributed by atoms with Crippen LogP contribution in [-0.2, 0) is 6.42 Å². The molecule has 0 aromatic heterocycles. The third-order valence-corrected chi connectivity index (χ3v) is 11.0. The largest absolute Gasteiger partial charge is 0.311 e. The maximum atomic E-state index is 2.42. The van der Waals surface area contributed by atoms with Crippen molar-refractivity contribution < 1.29 is 0 Å². The lowest BCUT2D eigenvalue weighted by molar-refractivity contribution is 1.09. The third-order valence-electron chi connectivity index (χ3n) is 11.0. The first-order valence-corrected chi connectivity index (χ1v) is 19.9. The fourth-order valence-electron chi connectivity index (χ4n) is 8.25. The lowest BCUT2D eigenvalue weighted by Gasteiger charge is -2.34. The second kappa shape index (κ2) is 15.5. The average Bonchev–Trinajstić information content (AvgIpc) is 3.30. The van der Waals surface area contributed by atoms with Crippen LogP contribution in [0.3, 0.4) is 0 Å². The van der Waals surface area contributed by atoms with Crippen molar-refractivity contribution in [2.75, 3.05) is 14.7 Å². The summed E-state index contributed by atoms with van der Waals surface area (Å²) in [5, 5.41) is 0. The highest BCUT2D eigenvalue weighted by atomic mass is 15.2. The first kappa shape index (κ1) is 34.8. The van der Waals surface area contributed by atoms with E-state index in [0.717, 1.165) is 46.2 Å². The summed E-state index contributed by atoms with van der Waals surface area (Å²) in [6, 6.07) is 84.8. The van der Waals surface area contributed by atoms with Crippen LogP contribution in [0.15, 0.2) is 237 Å². The molecule has 0 aliphatic carbocycles. The number of benzene rings is 9. The van der Waals surface area contributed by atoms with Crippen LogP contribution in [0.1, 0.15) is 11.1 Å². The molecule has 0 unspecified atom stereocenters. The van der Waals surface area contributed by atoms with Crippen molar-refractivity contribution in [3.63, 3.8) is 0 Å². The van der Waals surface area contributed by atoms with Gasteiger partial charge in [-0.15, -0.1) is 0 Å². The van der Waals surface area contributed by atoms with Gasteiger partial charge in [-0.1, -0.05) is 127 Å². The van der Waals surface area contributed by atoms with Gasteiger partial charge in [0.2, 0.25) is 0 Å². The molecule has 0 amide bonds. The zero-order valence-corrected chi connectivity index (χ0v) is 32.1. The van der Waals surface area contributed by atoms with E-state index < -0.39 is 0 Å². The SMILES string of the molecule is c1ccc(N(c2ccccc2)c2ccc(-c3ccc4c(c3)Cc3cc(-c5ccc(N(c6ccccc6)c6ccccc6)cc5)ccc3N4c3ccccc3)cc2)cc1. The quantitative estimate of drug-likeness (QED) is 0.146. The molecule has 0 spiro atoms. The Balaban J connectivity index is 0.984. The molecule has 3 nitrogen and oxygen atoms in total. The number of rotatable bonds is 9. The summed E-state index contributed by atoms with van der Waals surface area (Å²) in [4.78, 5) is 7.03. The molecule has 10 rings (SSSR count). The Morgan fingerprint density at radius 1 is 0.276 bits per heavy atom. The molecule has 0 fully saturated rings. The second-order valence-corrected chi connectivity index (χ2v) is 14.6. The summed E-state index contributed by atoms with van der Waals surface area (Å²) < 4.78 is 0. The van der Waals surface area contributed by atoms with Gasteiger partial charge in [0, 0.05) is 57.6 Å². The molecule has 0 saturated heterocycles. The summed E-state index contributed by atoms with van der Waals surface area (Å²) in [6.45, 7) is 0. The molecule has 276 valence electrons. The average molecular weight is 744 g/mol. The minimum Gasteiger partial charge on any atom is -0.311 e. The second-order valence-electron chi connectivity index (χ2n) is 14.6.